The lowest BCUT2D eigenvalue weighted by Gasteiger charge is -2.17. The summed E-state index contributed by atoms with van der Waals surface area (Å²) in [6.45, 7) is 0. The minimum atomic E-state index is -0.601. The van der Waals surface area contributed by atoms with Crippen molar-refractivity contribution < 1.29 is 19.1 Å². The molecule has 2 aromatic carbocycles. The second kappa shape index (κ2) is 6.62. The molecule has 0 radical (unpaired) electrons. The quantitative estimate of drug-likeness (QED) is 0.855. The molecule has 6 heteroatoms. The van der Waals surface area contributed by atoms with E-state index in [-0.39, 0.29) is 18.2 Å². The molecule has 0 aliphatic carbocycles. The zero-order valence-corrected chi connectivity index (χ0v) is 13.5. The predicted molar refractivity (Wildman–Crippen MR) is 90.5 cm³/mol. The smallest absolute Gasteiger partial charge is 0.256 e. The number of anilines is 2. The second-order valence-electron chi connectivity index (χ2n) is 5.40. The van der Waals surface area contributed by atoms with Crippen LogP contribution < -0.4 is 19.7 Å². The van der Waals surface area contributed by atoms with Gasteiger partial charge in [-0.15, -0.1) is 0 Å². The van der Waals surface area contributed by atoms with Crippen molar-refractivity contribution in [1.82, 2.24) is 0 Å². The van der Waals surface area contributed by atoms with Gasteiger partial charge in [0.15, 0.2) is 0 Å². The van der Waals surface area contributed by atoms with E-state index in [0.717, 1.165) is 5.69 Å². The molecule has 24 heavy (non-hydrogen) atoms. The van der Waals surface area contributed by atoms with E-state index in [9.17, 15) is 9.59 Å². The van der Waals surface area contributed by atoms with Gasteiger partial charge < -0.3 is 14.8 Å². The number of benzene rings is 2. The molecule has 1 saturated heterocycles. The van der Waals surface area contributed by atoms with E-state index >= 15 is 0 Å². The first-order chi connectivity index (χ1) is 11.6. The molecule has 6 nitrogen and oxygen atoms in total. The Kier molecular flexibility index (Phi) is 4.37. The van der Waals surface area contributed by atoms with Crippen LogP contribution in [0.4, 0.5) is 11.4 Å². The average molecular weight is 326 g/mol. The van der Waals surface area contributed by atoms with Crippen LogP contribution in [0.25, 0.3) is 0 Å². The van der Waals surface area contributed by atoms with Crippen LogP contribution in [0.15, 0.2) is 48.5 Å². The highest BCUT2D eigenvalue weighted by molar-refractivity contribution is 6.23. The summed E-state index contributed by atoms with van der Waals surface area (Å²) in [7, 11) is 3.12. The van der Waals surface area contributed by atoms with Crippen molar-refractivity contribution in [3.63, 3.8) is 0 Å². The Morgan fingerprint density at radius 2 is 1.67 bits per heavy atom. The molecule has 0 spiro atoms. The molecule has 0 unspecified atom stereocenters. The molecular formula is C18H18N2O4. The highest BCUT2D eigenvalue weighted by Crippen LogP contribution is 2.28. The molecule has 124 valence electrons. The Morgan fingerprint density at radius 3 is 2.38 bits per heavy atom. The van der Waals surface area contributed by atoms with Crippen LogP contribution in [0.5, 0.6) is 11.5 Å². The lowest BCUT2D eigenvalue weighted by atomic mass is 10.2. The van der Waals surface area contributed by atoms with Gasteiger partial charge in [-0.2, -0.15) is 0 Å². The molecule has 1 N–H and O–H groups in total. The Hall–Kier alpha value is -3.02. The number of nitrogens with zero attached hydrogens (tertiary/aromatic N) is 1. The molecule has 2 aromatic rings. The molecule has 0 bridgehead atoms. The van der Waals surface area contributed by atoms with Gasteiger partial charge in [0.2, 0.25) is 5.91 Å². The first kappa shape index (κ1) is 15.9. The maximum Gasteiger partial charge on any atom is 0.256 e. The van der Waals surface area contributed by atoms with Crippen LogP contribution in [-0.2, 0) is 9.59 Å². The summed E-state index contributed by atoms with van der Waals surface area (Å²) >= 11 is 0. The number of carbonyl (C=O) groups is 2. The summed E-state index contributed by atoms with van der Waals surface area (Å²) in [5.41, 5.74) is 1.24. The van der Waals surface area contributed by atoms with E-state index in [1.165, 1.54) is 4.90 Å². The topological polar surface area (TPSA) is 67.9 Å². The van der Waals surface area contributed by atoms with Gasteiger partial charge in [-0.3, -0.25) is 9.59 Å². The molecule has 1 aliphatic rings. The minimum Gasteiger partial charge on any atom is -0.497 e. The lowest BCUT2D eigenvalue weighted by molar-refractivity contribution is -0.121. The summed E-state index contributed by atoms with van der Waals surface area (Å²) in [5.74, 6) is 0.753. The van der Waals surface area contributed by atoms with E-state index < -0.39 is 6.04 Å². The van der Waals surface area contributed by atoms with Crippen molar-refractivity contribution in [1.29, 1.82) is 0 Å². The van der Waals surface area contributed by atoms with Gasteiger partial charge in [-0.25, -0.2) is 4.90 Å². The van der Waals surface area contributed by atoms with E-state index in [0.29, 0.717) is 17.2 Å². The summed E-state index contributed by atoms with van der Waals surface area (Å²) < 4.78 is 10.3. The van der Waals surface area contributed by atoms with Crippen LogP contribution in [0, 0.1) is 0 Å². The van der Waals surface area contributed by atoms with Crippen molar-refractivity contribution in [3.8, 4) is 11.5 Å². The van der Waals surface area contributed by atoms with E-state index in [1.54, 1.807) is 44.6 Å². The molecule has 0 saturated carbocycles. The summed E-state index contributed by atoms with van der Waals surface area (Å²) in [4.78, 5) is 26.1. The third-order valence-corrected chi connectivity index (χ3v) is 3.87. The predicted octanol–water partition coefficient (Wildman–Crippen LogP) is 2.45. The molecular weight excluding hydrogens is 308 g/mol. The van der Waals surface area contributed by atoms with Crippen molar-refractivity contribution in [2.45, 2.75) is 12.5 Å². The van der Waals surface area contributed by atoms with Gasteiger partial charge in [0, 0.05) is 17.8 Å². The fraction of sp³-hybridized carbons (Fsp3) is 0.222. The zero-order valence-electron chi connectivity index (χ0n) is 13.5. The maximum atomic E-state index is 12.6. The molecule has 1 heterocycles. The maximum absolute atomic E-state index is 12.6. The Labute approximate surface area is 140 Å². The molecule has 1 atom stereocenters. The van der Waals surface area contributed by atoms with Crippen LogP contribution in [0.1, 0.15) is 6.42 Å². The second-order valence-corrected chi connectivity index (χ2v) is 5.40. The fourth-order valence-corrected chi connectivity index (χ4v) is 2.68. The Balaban J connectivity index is 1.80. The van der Waals surface area contributed by atoms with Crippen molar-refractivity contribution in [3.05, 3.63) is 48.5 Å². The average Bonchev–Trinajstić information content (AvgIpc) is 2.88. The van der Waals surface area contributed by atoms with Gasteiger partial charge in [-0.1, -0.05) is 12.1 Å². The van der Waals surface area contributed by atoms with Gasteiger partial charge in [-0.05, 0) is 24.3 Å². The van der Waals surface area contributed by atoms with Crippen LogP contribution >= 0.6 is 0 Å². The third kappa shape index (κ3) is 3.03. The number of methoxy groups -OCH3 is 2. The largest absolute Gasteiger partial charge is 0.497 e. The Morgan fingerprint density at radius 1 is 1.00 bits per heavy atom. The number of rotatable bonds is 5. The highest BCUT2D eigenvalue weighted by atomic mass is 16.5. The molecule has 3 rings (SSSR count). The monoisotopic (exact) mass is 326 g/mol. The number of carbonyl (C=O) groups excluding carboxylic acids is 2. The highest BCUT2D eigenvalue weighted by Gasteiger charge is 2.39. The van der Waals surface area contributed by atoms with Crippen molar-refractivity contribution in [2.75, 3.05) is 24.4 Å². The number of amides is 2. The van der Waals surface area contributed by atoms with Gasteiger partial charge in [0.25, 0.3) is 5.91 Å². The number of imide groups is 1. The number of nitrogens with one attached hydrogen (secondary N) is 1. The first-order valence-corrected chi connectivity index (χ1v) is 7.54. The van der Waals surface area contributed by atoms with Crippen LogP contribution in [0.3, 0.4) is 0 Å². The number of hydrogen-bond acceptors (Lipinski definition) is 5. The third-order valence-electron chi connectivity index (χ3n) is 3.87. The summed E-state index contributed by atoms with van der Waals surface area (Å²) in [5, 5.41) is 3.10. The normalized spacial score (nSPS) is 17.1. The zero-order chi connectivity index (χ0) is 17.1. The fourth-order valence-electron chi connectivity index (χ4n) is 2.68. The van der Waals surface area contributed by atoms with Gasteiger partial charge >= 0.3 is 0 Å². The molecule has 0 aromatic heterocycles. The molecule has 1 fully saturated rings. The summed E-state index contributed by atoms with van der Waals surface area (Å²) in [6, 6.07) is 13.5. The SMILES string of the molecule is COc1cccc(N[C@H]2CC(=O)N(c3cccc(OC)c3)C2=O)c1. The van der Waals surface area contributed by atoms with Crippen molar-refractivity contribution in [2.24, 2.45) is 0 Å². The van der Waals surface area contributed by atoms with Gasteiger partial charge in [0.1, 0.15) is 17.5 Å². The van der Waals surface area contributed by atoms with Crippen molar-refractivity contribution >= 4 is 23.2 Å². The number of ether oxygens (including phenoxy) is 2. The first-order valence-electron chi connectivity index (χ1n) is 7.54. The van der Waals surface area contributed by atoms with E-state index in [4.69, 9.17) is 9.47 Å². The lowest BCUT2D eigenvalue weighted by Crippen LogP contribution is -2.34. The van der Waals surface area contributed by atoms with E-state index in [2.05, 4.69) is 5.32 Å². The minimum absolute atomic E-state index is 0.104. The summed E-state index contributed by atoms with van der Waals surface area (Å²) in [6.07, 6.45) is 0.104. The molecule has 1 aliphatic heterocycles. The Bertz CT molecular complexity index is 775. The standard InChI is InChI=1S/C18H18N2O4/c1-23-14-7-3-5-12(9-14)19-16-11-17(21)20(18(16)22)13-6-4-8-15(10-13)24-2/h3-10,16,19H,11H2,1-2H3/t16-/m0/s1. The van der Waals surface area contributed by atoms with Crippen LogP contribution in [-0.4, -0.2) is 32.1 Å². The number of hydrogen-bond donors (Lipinski definition) is 1. The van der Waals surface area contributed by atoms with Crippen LogP contribution in [0.2, 0.25) is 0 Å². The van der Waals surface area contributed by atoms with E-state index in [1.807, 2.05) is 18.2 Å². The van der Waals surface area contributed by atoms with Gasteiger partial charge in [0.05, 0.1) is 26.3 Å². The molecule has 2 amide bonds.